The zero-order valence-corrected chi connectivity index (χ0v) is 11.5. The SMILES string of the molecule is CNCc1ccccc1Oc1cc(F)cc(Br)c1. The molecule has 0 aliphatic carbocycles. The molecule has 0 amide bonds. The van der Waals surface area contributed by atoms with Crippen molar-refractivity contribution >= 4 is 15.9 Å². The lowest BCUT2D eigenvalue weighted by atomic mass is 10.2. The zero-order valence-electron chi connectivity index (χ0n) is 9.91. The lowest BCUT2D eigenvalue weighted by molar-refractivity contribution is 0.468. The van der Waals surface area contributed by atoms with Crippen LogP contribution in [0.5, 0.6) is 11.5 Å². The molecule has 0 fully saturated rings. The highest BCUT2D eigenvalue weighted by Crippen LogP contribution is 2.28. The predicted molar refractivity (Wildman–Crippen MR) is 73.4 cm³/mol. The monoisotopic (exact) mass is 309 g/mol. The minimum absolute atomic E-state index is 0.328. The minimum Gasteiger partial charge on any atom is -0.457 e. The molecule has 0 spiro atoms. The zero-order chi connectivity index (χ0) is 13.0. The van der Waals surface area contributed by atoms with Gasteiger partial charge < -0.3 is 10.1 Å². The van der Waals surface area contributed by atoms with Crippen LogP contribution in [-0.4, -0.2) is 7.05 Å². The summed E-state index contributed by atoms with van der Waals surface area (Å²) in [4.78, 5) is 0. The second-order valence-electron chi connectivity index (χ2n) is 3.85. The molecule has 2 aromatic carbocycles. The Balaban J connectivity index is 2.27. The summed E-state index contributed by atoms with van der Waals surface area (Å²) < 4.78 is 19.6. The molecule has 2 aromatic rings. The van der Waals surface area contributed by atoms with Gasteiger partial charge in [0.1, 0.15) is 17.3 Å². The molecule has 0 radical (unpaired) electrons. The van der Waals surface area contributed by atoms with E-state index in [1.807, 2.05) is 31.3 Å². The van der Waals surface area contributed by atoms with E-state index in [1.54, 1.807) is 6.07 Å². The number of hydrogen-bond donors (Lipinski definition) is 1. The fraction of sp³-hybridized carbons (Fsp3) is 0.143. The molecule has 0 saturated heterocycles. The van der Waals surface area contributed by atoms with Crippen LogP contribution in [-0.2, 0) is 6.54 Å². The summed E-state index contributed by atoms with van der Waals surface area (Å²) in [7, 11) is 1.87. The quantitative estimate of drug-likeness (QED) is 0.918. The van der Waals surface area contributed by atoms with Crippen LogP contribution in [0.25, 0.3) is 0 Å². The molecule has 4 heteroatoms. The Morgan fingerprint density at radius 1 is 1.22 bits per heavy atom. The van der Waals surface area contributed by atoms with Crippen LogP contribution in [0.4, 0.5) is 4.39 Å². The van der Waals surface area contributed by atoms with E-state index in [1.165, 1.54) is 12.1 Å². The van der Waals surface area contributed by atoms with Gasteiger partial charge >= 0.3 is 0 Å². The molecule has 0 aromatic heterocycles. The lowest BCUT2D eigenvalue weighted by Crippen LogP contribution is -2.06. The Morgan fingerprint density at radius 2 is 2.00 bits per heavy atom. The highest BCUT2D eigenvalue weighted by atomic mass is 79.9. The van der Waals surface area contributed by atoms with Gasteiger partial charge in [0.05, 0.1) is 0 Å². The third-order valence-corrected chi connectivity index (χ3v) is 2.86. The standard InChI is InChI=1S/C14H13BrFNO/c1-17-9-10-4-2-3-5-14(10)18-13-7-11(15)6-12(16)8-13/h2-8,17H,9H2,1H3. The van der Waals surface area contributed by atoms with Gasteiger partial charge in [-0.3, -0.25) is 0 Å². The molecule has 0 aliphatic heterocycles. The molecule has 94 valence electrons. The second-order valence-corrected chi connectivity index (χ2v) is 4.76. The van der Waals surface area contributed by atoms with Gasteiger partial charge in [-0.05, 0) is 25.2 Å². The maximum absolute atomic E-state index is 13.3. The topological polar surface area (TPSA) is 21.3 Å². The van der Waals surface area contributed by atoms with Crippen molar-refractivity contribution in [3.05, 3.63) is 58.3 Å². The van der Waals surface area contributed by atoms with Crippen molar-refractivity contribution in [3.63, 3.8) is 0 Å². The first-order valence-electron chi connectivity index (χ1n) is 5.55. The van der Waals surface area contributed by atoms with E-state index >= 15 is 0 Å². The van der Waals surface area contributed by atoms with E-state index in [4.69, 9.17) is 4.74 Å². The minimum atomic E-state index is -0.328. The van der Waals surface area contributed by atoms with E-state index < -0.39 is 0 Å². The van der Waals surface area contributed by atoms with Crippen LogP contribution in [0.3, 0.4) is 0 Å². The molecule has 0 heterocycles. The molecule has 0 unspecified atom stereocenters. The Hall–Kier alpha value is -1.39. The Labute approximate surface area is 114 Å². The van der Waals surface area contributed by atoms with Gasteiger partial charge in [-0.2, -0.15) is 0 Å². The van der Waals surface area contributed by atoms with Gasteiger partial charge in [0.15, 0.2) is 0 Å². The van der Waals surface area contributed by atoms with Crippen molar-refractivity contribution in [1.29, 1.82) is 0 Å². The summed E-state index contributed by atoms with van der Waals surface area (Å²) in [5, 5.41) is 3.07. The second kappa shape index (κ2) is 5.98. The maximum Gasteiger partial charge on any atom is 0.131 e. The van der Waals surface area contributed by atoms with Crippen molar-refractivity contribution in [3.8, 4) is 11.5 Å². The molecule has 18 heavy (non-hydrogen) atoms. The Bertz CT molecular complexity index is 525. The fourth-order valence-electron chi connectivity index (χ4n) is 1.65. The first-order valence-corrected chi connectivity index (χ1v) is 6.35. The van der Waals surface area contributed by atoms with Crippen LogP contribution >= 0.6 is 15.9 Å². The first-order chi connectivity index (χ1) is 8.69. The predicted octanol–water partition coefficient (Wildman–Crippen LogP) is 4.10. The highest BCUT2D eigenvalue weighted by molar-refractivity contribution is 9.10. The van der Waals surface area contributed by atoms with E-state index in [-0.39, 0.29) is 5.82 Å². The Kier molecular flexibility index (Phi) is 4.33. The maximum atomic E-state index is 13.3. The van der Waals surface area contributed by atoms with E-state index in [0.29, 0.717) is 16.8 Å². The number of rotatable bonds is 4. The molecular formula is C14H13BrFNO. The number of ether oxygens (including phenoxy) is 1. The van der Waals surface area contributed by atoms with Crippen LogP contribution in [0.2, 0.25) is 0 Å². The van der Waals surface area contributed by atoms with Crippen LogP contribution in [0.1, 0.15) is 5.56 Å². The average molecular weight is 310 g/mol. The number of benzene rings is 2. The fourth-order valence-corrected chi connectivity index (χ4v) is 2.10. The van der Waals surface area contributed by atoms with Gasteiger partial charge in [-0.1, -0.05) is 34.1 Å². The van der Waals surface area contributed by atoms with Gasteiger partial charge in [-0.15, -0.1) is 0 Å². The number of para-hydroxylation sites is 1. The van der Waals surface area contributed by atoms with Crippen molar-refractivity contribution in [2.75, 3.05) is 7.05 Å². The summed E-state index contributed by atoms with van der Waals surface area (Å²) in [5.41, 5.74) is 1.03. The Morgan fingerprint density at radius 3 is 2.72 bits per heavy atom. The number of halogens is 2. The van der Waals surface area contributed by atoms with Crippen molar-refractivity contribution in [1.82, 2.24) is 5.32 Å². The van der Waals surface area contributed by atoms with Crippen LogP contribution in [0.15, 0.2) is 46.9 Å². The van der Waals surface area contributed by atoms with Gasteiger partial charge in [0.25, 0.3) is 0 Å². The molecule has 1 N–H and O–H groups in total. The summed E-state index contributed by atoms with van der Waals surface area (Å²) in [5.74, 6) is 0.875. The third kappa shape index (κ3) is 3.31. The van der Waals surface area contributed by atoms with Gasteiger partial charge in [0.2, 0.25) is 0 Å². The number of nitrogens with one attached hydrogen (secondary N) is 1. The molecular weight excluding hydrogens is 297 g/mol. The molecule has 2 rings (SSSR count). The molecule has 0 aliphatic rings. The van der Waals surface area contributed by atoms with E-state index in [0.717, 1.165) is 11.3 Å². The third-order valence-electron chi connectivity index (χ3n) is 2.40. The summed E-state index contributed by atoms with van der Waals surface area (Å²) >= 11 is 3.24. The average Bonchev–Trinajstić information content (AvgIpc) is 2.30. The summed E-state index contributed by atoms with van der Waals surface area (Å²) in [6.07, 6.45) is 0. The van der Waals surface area contributed by atoms with Crippen molar-refractivity contribution in [2.24, 2.45) is 0 Å². The van der Waals surface area contributed by atoms with E-state index in [2.05, 4.69) is 21.2 Å². The lowest BCUT2D eigenvalue weighted by Gasteiger charge is -2.11. The van der Waals surface area contributed by atoms with Crippen molar-refractivity contribution in [2.45, 2.75) is 6.54 Å². The molecule has 0 bridgehead atoms. The van der Waals surface area contributed by atoms with Crippen LogP contribution in [0, 0.1) is 5.82 Å². The van der Waals surface area contributed by atoms with Gasteiger partial charge in [0, 0.05) is 22.6 Å². The summed E-state index contributed by atoms with van der Waals surface area (Å²) in [6, 6.07) is 12.2. The van der Waals surface area contributed by atoms with E-state index in [9.17, 15) is 4.39 Å². The summed E-state index contributed by atoms with van der Waals surface area (Å²) in [6.45, 7) is 0.701. The largest absolute Gasteiger partial charge is 0.457 e. The van der Waals surface area contributed by atoms with Crippen LogP contribution < -0.4 is 10.1 Å². The van der Waals surface area contributed by atoms with Crippen molar-refractivity contribution < 1.29 is 9.13 Å². The first kappa shape index (κ1) is 13.1. The normalized spacial score (nSPS) is 10.4. The highest BCUT2D eigenvalue weighted by Gasteiger charge is 2.05. The number of hydrogen-bond acceptors (Lipinski definition) is 2. The molecule has 0 saturated carbocycles. The molecule has 2 nitrogen and oxygen atoms in total. The van der Waals surface area contributed by atoms with Gasteiger partial charge in [-0.25, -0.2) is 4.39 Å². The smallest absolute Gasteiger partial charge is 0.131 e. The molecule has 0 atom stereocenters.